The molecule has 7 heteroatoms. The number of carbonyl (C=O) groups excluding carboxylic acids is 1. The van der Waals surface area contributed by atoms with Crippen molar-refractivity contribution < 1.29 is 28.2 Å². The van der Waals surface area contributed by atoms with Crippen LogP contribution in [0.1, 0.15) is 12.8 Å². The number of benzene rings is 1. The van der Waals surface area contributed by atoms with Gasteiger partial charge in [-0.3, -0.25) is 9.59 Å². The van der Waals surface area contributed by atoms with Crippen LogP contribution in [0.15, 0.2) is 18.2 Å². The minimum Gasteiger partial charge on any atom is -0.481 e. The number of halogens is 2. The Morgan fingerprint density at radius 2 is 1.81 bits per heavy atom. The van der Waals surface area contributed by atoms with Gasteiger partial charge in [-0.25, -0.2) is 8.78 Å². The van der Waals surface area contributed by atoms with Crippen LogP contribution in [0.3, 0.4) is 0 Å². The van der Waals surface area contributed by atoms with Gasteiger partial charge >= 0.3 is 5.97 Å². The van der Waals surface area contributed by atoms with E-state index in [4.69, 9.17) is 4.74 Å². The van der Waals surface area contributed by atoms with Crippen molar-refractivity contribution in [3.05, 3.63) is 29.8 Å². The van der Waals surface area contributed by atoms with E-state index in [9.17, 15) is 23.5 Å². The predicted molar refractivity (Wildman–Crippen MR) is 67.5 cm³/mol. The Morgan fingerprint density at radius 3 is 2.43 bits per heavy atom. The Morgan fingerprint density at radius 1 is 1.14 bits per heavy atom. The number of nitrogens with one attached hydrogen (secondary N) is 1. The van der Waals surface area contributed by atoms with Crippen LogP contribution >= 0.6 is 0 Å². The second-order valence-electron chi connectivity index (χ2n) is 5.30. The predicted octanol–water partition coefficient (Wildman–Crippen LogP) is 1.78. The average Bonchev–Trinajstić information content (AvgIpc) is 3.03. The maximum Gasteiger partial charge on any atom is 0.310 e. The van der Waals surface area contributed by atoms with Gasteiger partial charge in [-0.1, -0.05) is 0 Å². The van der Waals surface area contributed by atoms with E-state index in [1.54, 1.807) is 0 Å². The van der Waals surface area contributed by atoms with E-state index in [1.807, 2.05) is 0 Å². The third-order valence-electron chi connectivity index (χ3n) is 4.05. The second kappa shape index (κ2) is 5.07. The minimum absolute atomic E-state index is 0.0887. The molecule has 2 N–H and O–H groups in total. The number of aliphatic carboxylic acids is 1. The summed E-state index contributed by atoms with van der Waals surface area (Å²) in [5.41, 5.74) is 0.0887. The molecule has 2 heterocycles. The van der Waals surface area contributed by atoms with E-state index in [2.05, 4.69) is 5.32 Å². The summed E-state index contributed by atoms with van der Waals surface area (Å²) in [6, 6.07) is 2.98. The number of ether oxygens (including phenoxy) is 1. The van der Waals surface area contributed by atoms with Gasteiger partial charge in [-0.15, -0.1) is 0 Å². The van der Waals surface area contributed by atoms with E-state index in [0.29, 0.717) is 12.8 Å². The fraction of sp³-hybridized carbons (Fsp3) is 0.429. The number of amides is 1. The van der Waals surface area contributed by atoms with Gasteiger partial charge in [0.15, 0.2) is 11.6 Å². The first kappa shape index (κ1) is 13.9. The van der Waals surface area contributed by atoms with Crippen LogP contribution in [0, 0.1) is 23.5 Å². The lowest BCUT2D eigenvalue weighted by Crippen LogP contribution is -2.40. The van der Waals surface area contributed by atoms with Gasteiger partial charge in [0.25, 0.3) is 0 Å². The lowest BCUT2D eigenvalue weighted by molar-refractivity contribution is -0.147. The summed E-state index contributed by atoms with van der Waals surface area (Å²) in [6.07, 6.45) is 0.371. The number of carbonyl (C=O) groups is 2. The Bertz CT molecular complexity index is 607. The van der Waals surface area contributed by atoms with E-state index in [1.165, 1.54) is 6.07 Å². The summed E-state index contributed by atoms with van der Waals surface area (Å²) >= 11 is 0. The molecule has 2 aliphatic rings. The molecule has 0 saturated carbocycles. The van der Waals surface area contributed by atoms with Crippen molar-refractivity contribution in [1.82, 2.24) is 0 Å². The molecule has 3 rings (SSSR count). The molecule has 5 nitrogen and oxygen atoms in total. The fourth-order valence-electron chi connectivity index (χ4n) is 3.12. The fourth-order valence-corrected chi connectivity index (χ4v) is 3.12. The van der Waals surface area contributed by atoms with Crippen molar-refractivity contribution in [1.29, 1.82) is 0 Å². The Labute approximate surface area is 118 Å². The van der Waals surface area contributed by atoms with Crippen LogP contribution in [0.5, 0.6) is 0 Å². The van der Waals surface area contributed by atoms with Crippen LogP contribution in [0.2, 0.25) is 0 Å². The SMILES string of the molecule is O=C(Nc1ccc(F)c(F)c1)[C@@H]1[C@H](C(=O)O)[C@H]2CC[C@H]1O2. The zero-order valence-corrected chi connectivity index (χ0v) is 10.9. The highest BCUT2D eigenvalue weighted by atomic mass is 19.2. The van der Waals surface area contributed by atoms with Gasteiger partial charge in [0.2, 0.25) is 5.91 Å². The molecule has 2 saturated heterocycles. The third kappa shape index (κ3) is 2.37. The summed E-state index contributed by atoms with van der Waals surface area (Å²) in [6.45, 7) is 0. The molecular weight excluding hydrogens is 284 g/mol. The first-order valence-electron chi connectivity index (χ1n) is 6.61. The van der Waals surface area contributed by atoms with Crippen LogP contribution < -0.4 is 5.32 Å². The summed E-state index contributed by atoms with van der Waals surface area (Å²) < 4.78 is 31.4. The summed E-state index contributed by atoms with van der Waals surface area (Å²) in [4.78, 5) is 23.5. The summed E-state index contributed by atoms with van der Waals surface area (Å²) in [7, 11) is 0. The van der Waals surface area contributed by atoms with Crippen LogP contribution in [-0.4, -0.2) is 29.2 Å². The molecule has 0 aromatic heterocycles. The molecular formula is C14H13F2NO4. The average molecular weight is 297 g/mol. The summed E-state index contributed by atoms with van der Waals surface area (Å²) in [5, 5.41) is 11.7. The molecule has 0 unspecified atom stereocenters. The highest BCUT2D eigenvalue weighted by Gasteiger charge is 2.55. The maximum absolute atomic E-state index is 13.1. The monoisotopic (exact) mass is 297 g/mol. The lowest BCUT2D eigenvalue weighted by atomic mass is 9.78. The van der Waals surface area contributed by atoms with Crippen LogP contribution in [0.25, 0.3) is 0 Å². The topological polar surface area (TPSA) is 75.6 Å². The quantitative estimate of drug-likeness (QED) is 0.891. The van der Waals surface area contributed by atoms with Crippen molar-refractivity contribution in [3.63, 3.8) is 0 Å². The molecule has 0 aliphatic carbocycles. The number of carboxylic acid groups (broad SMARTS) is 1. The molecule has 0 radical (unpaired) electrons. The first-order valence-corrected chi connectivity index (χ1v) is 6.61. The Hall–Kier alpha value is -2.02. The second-order valence-corrected chi connectivity index (χ2v) is 5.30. The molecule has 4 atom stereocenters. The van der Waals surface area contributed by atoms with Crippen molar-refractivity contribution in [2.75, 3.05) is 5.32 Å². The molecule has 112 valence electrons. The largest absolute Gasteiger partial charge is 0.481 e. The third-order valence-corrected chi connectivity index (χ3v) is 4.05. The van der Waals surface area contributed by atoms with Crippen molar-refractivity contribution in [2.45, 2.75) is 25.0 Å². The van der Waals surface area contributed by atoms with Crippen molar-refractivity contribution in [2.24, 2.45) is 11.8 Å². The highest BCUT2D eigenvalue weighted by Crippen LogP contribution is 2.44. The Balaban J connectivity index is 1.78. The number of carboxylic acids is 1. The smallest absolute Gasteiger partial charge is 0.310 e. The molecule has 1 aromatic carbocycles. The highest BCUT2D eigenvalue weighted by molar-refractivity contribution is 5.96. The lowest BCUT2D eigenvalue weighted by Gasteiger charge is -2.23. The van der Waals surface area contributed by atoms with Gasteiger partial charge < -0.3 is 15.2 Å². The maximum atomic E-state index is 13.1. The molecule has 2 aliphatic heterocycles. The number of hydrogen-bond acceptors (Lipinski definition) is 3. The number of rotatable bonds is 3. The zero-order valence-electron chi connectivity index (χ0n) is 10.9. The molecule has 21 heavy (non-hydrogen) atoms. The van der Waals surface area contributed by atoms with Gasteiger partial charge in [0.1, 0.15) is 0 Å². The minimum atomic E-state index is -1.08. The number of hydrogen-bond donors (Lipinski definition) is 2. The van der Waals surface area contributed by atoms with Crippen molar-refractivity contribution in [3.8, 4) is 0 Å². The van der Waals surface area contributed by atoms with E-state index in [-0.39, 0.29) is 5.69 Å². The van der Waals surface area contributed by atoms with Gasteiger partial charge in [-0.2, -0.15) is 0 Å². The molecule has 1 aromatic rings. The normalized spacial score (nSPS) is 30.4. The van der Waals surface area contributed by atoms with Crippen LogP contribution in [-0.2, 0) is 14.3 Å². The van der Waals surface area contributed by atoms with Crippen molar-refractivity contribution >= 4 is 17.6 Å². The number of anilines is 1. The number of fused-ring (bicyclic) bond motifs is 2. The molecule has 1 amide bonds. The zero-order chi connectivity index (χ0) is 15.1. The van der Waals surface area contributed by atoms with E-state index < -0.39 is 47.6 Å². The van der Waals surface area contributed by atoms with Gasteiger partial charge in [0.05, 0.1) is 24.0 Å². The molecule has 2 bridgehead atoms. The van der Waals surface area contributed by atoms with E-state index >= 15 is 0 Å². The molecule has 2 fully saturated rings. The standard InChI is InChI=1S/C14H13F2NO4/c15-7-2-1-6(5-8(7)16)17-13(18)11-9-3-4-10(21-9)12(11)14(19)20/h1-2,5,9-12H,3-4H2,(H,17,18)(H,19,20)/t9-,10-,11+,12-/m1/s1. The Kier molecular flexibility index (Phi) is 3.36. The van der Waals surface area contributed by atoms with Gasteiger partial charge in [0, 0.05) is 11.8 Å². The van der Waals surface area contributed by atoms with Gasteiger partial charge in [-0.05, 0) is 25.0 Å². The van der Waals surface area contributed by atoms with E-state index in [0.717, 1.165) is 12.1 Å². The summed E-state index contributed by atoms with van der Waals surface area (Å²) in [5.74, 6) is -5.41. The van der Waals surface area contributed by atoms with Crippen LogP contribution in [0.4, 0.5) is 14.5 Å². The first-order chi connectivity index (χ1) is 9.97. The molecule has 0 spiro atoms.